The number of ether oxygens (including phenoxy) is 1. The van der Waals surface area contributed by atoms with E-state index < -0.39 is 0 Å². The molecule has 0 bridgehead atoms. The predicted octanol–water partition coefficient (Wildman–Crippen LogP) is 4.45. The van der Waals surface area contributed by atoms with Gasteiger partial charge in [-0.15, -0.1) is 0 Å². The van der Waals surface area contributed by atoms with Gasteiger partial charge in [0.05, 0.1) is 11.8 Å². The van der Waals surface area contributed by atoms with Crippen LogP contribution >= 0.6 is 0 Å². The van der Waals surface area contributed by atoms with E-state index in [0.29, 0.717) is 18.7 Å². The third kappa shape index (κ3) is 4.27. The Hall–Kier alpha value is -2.72. The highest BCUT2D eigenvalue weighted by Crippen LogP contribution is 2.26. The molecule has 0 spiro atoms. The van der Waals surface area contributed by atoms with Crippen molar-refractivity contribution in [2.24, 2.45) is 0 Å². The molecule has 0 aliphatic rings. The van der Waals surface area contributed by atoms with E-state index in [9.17, 15) is 4.79 Å². The molecule has 0 fully saturated rings. The van der Waals surface area contributed by atoms with Crippen LogP contribution in [0.2, 0.25) is 0 Å². The van der Waals surface area contributed by atoms with Crippen LogP contribution in [0.3, 0.4) is 0 Å². The van der Waals surface area contributed by atoms with Gasteiger partial charge in [0.1, 0.15) is 0 Å². The lowest BCUT2D eigenvalue weighted by molar-refractivity contribution is 0.0622. The highest BCUT2D eigenvalue weighted by atomic mass is 16.5. The van der Waals surface area contributed by atoms with Crippen LogP contribution in [-0.2, 0) is 4.74 Å². The fourth-order valence-corrected chi connectivity index (χ4v) is 2.85. The molecule has 0 saturated heterocycles. The highest BCUT2D eigenvalue weighted by Gasteiger charge is 2.10. The van der Waals surface area contributed by atoms with E-state index in [0.717, 1.165) is 28.5 Å². The molecule has 0 unspecified atom stereocenters. The number of carbonyl (C=O) groups is 1. The normalized spacial score (nSPS) is 12.1. The number of nitrogens with one attached hydrogen (secondary N) is 1. The minimum absolute atomic E-state index is 0.0121. The molecule has 0 radical (unpaired) electrons. The van der Waals surface area contributed by atoms with Gasteiger partial charge in [-0.05, 0) is 36.9 Å². The smallest absolute Gasteiger partial charge is 0.251 e. The zero-order chi connectivity index (χ0) is 18.4. The molecule has 0 aliphatic carbocycles. The minimum atomic E-state index is -0.0885. The maximum absolute atomic E-state index is 12.3. The van der Waals surface area contributed by atoms with Gasteiger partial charge < -0.3 is 10.1 Å². The summed E-state index contributed by atoms with van der Waals surface area (Å²) in [5.74, 6) is -0.0885. The first-order valence-electron chi connectivity index (χ1n) is 9.03. The SMILES string of the molecule is CCCO[C@@H](C)CNC(=O)c1ccc(-c2nccc3ccccc23)cc1. The van der Waals surface area contributed by atoms with E-state index >= 15 is 0 Å². The van der Waals surface area contributed by atoms with E-state index in [1.165, 1.54) is 0 Å². The molecule has 4 heteroatoms. The van der Waals surface area contributed by atoms with Crippen LogP contribution in [0.5, 0.6) is 0 Å². The Labute approximate surface area is 154 Å². The third-order valence-electron chi connectivity index (χ3n) is 4.25. The first-order valence-corrected chi connectivity index (χ1v) is 9.03. The number of hydrogen-bond acceptors (Lipinski definition) is 3. The highest BCUT2D eigenvalue weighted by molar-refractivity contribution is 5.97. The van der Waals surface area contributed by atoms with E-state index in [-0.39, 0.29) is 12.0 Å². The van der Waals surface area contributed by atoms with Crippen LogP contribution in [0, 0.1) is 0 Å². The summed E-state index contributed by atoms with van der Waals surface area (Å²) in [5.41, 5.74) is 2.56. The second kappa shape index (κ2) is 8.59. The van der Waals surface area contributed by atoms with Crippen molar-refractivity contribution in [3.05, 3.63) is 66.4 Å². The van der Waals surface area contributed by atoms with E-state index in [4.69, 9.17) is 4.74 Å². The second-order valence-electron chi connectivity index (χ2n) is 6.35. The van der Waals surface area contributed by atoms with Gasteiger partial charge in [-0.25, -0.2) is 0 Å². The molecule has 26 heavy (non-hydrogen) atoms. The quantitative estimate of drug-likeness (QED) is 0.686. The van der Waals surface area contributed by atoms with Crippen LogP contribution in [0.15, 0.2) is 60.8 Å². The van der Waals surface area contributed by atoms with Gasteiger partial charge in [-0.3, -0.25) is 9.78 Å². The van der Waals surface area contributed by atoms with Crippen molar-refractivity contribution in [1.82, 2.24) is 10.3 Å². The van der Waals surface area contributed by atoms with Crippen molar-refractivity contribution in [3.63, 3.8) is 0 Å². The Morgan fingerprint density at radius 2 is 1.88 bits per heavy atom. The number of carbonyl (C=O) groups excluding carboxylic acids is 1. The lowest BCUT2D eigenvalue weighted by Crippen LogP contribution is -2.32. The van der Waals surface area contributed by atoms with Gasteiger partial charge in [-0.1, -0.05) is 43.3 Å². The number of nitrogens with zero attached hydrogens (tertiary/aromatic N) is 1. The Morgan fingerprint density at radius 3 is 2.65 bits per heavy atom. The van der Waals surface area contributed by atoms with Crippen LogP contribution < -0.4 is 5.32 Å². The summed E-state index contributed by atoms with van der Waals surface area (Å²) in [6, 6.07) is 17.7. The van der Waals surface area contributed by atoms with Crippen LogP contribution in [0.4, 0.5) is 0 Å². The zero-order valence-electron chi connectivity index (χ0n) is 15.2. The van der Waals surface area contributed by atoms with Gasteiger partial charge in [-0.2, -0.15) is 0 Å². The largest absolute Gasteiger partial charge is 0.377 e. The molecule has 3 rings (SSSR count). The molecule has 1 aromatic heterocycles. The molecule has 1 amide bonds. The molecular weight excluding hydrogens is 324 g/mol. The Balaban J connectivity index is 1.71. The molecule has 0 saturated carbocycles. The maximum Gasteiger partial charge on any atom is 0.251 e. The fraction of sp³-hybridized carbons (Fsp3) is 0.273. The van der Waals surface area contributed by atoms with Gasteiger partial charge in [0, 0.05) is 35.9 Å². The topological polar surface area (TPSA) is 51.2 Å². The maximum atomic E-state index is 12.3. The fourth-order valence-electron chi connectivity index (χ4n) is 2.85. The number of rotatable bonds is 7. The minimum Gasteiger partial charge on any atom is -0.377 e. The Kier molecular flexibility index (Phi) is 5.97. The number of pyridine rings is 1. The first-order chi connectivity index (χ1) is 12.7. The molecule has 4 nitrogen and oxygen atoms in total. The predicted molar refractivity (Wildman–Crippen MR) is 105 cm³/mol. The number of fused-ring (bicyclic) bond motifs is 1. The van der Waals surface area contributed by atoms with Gasteiger partial charge in [0.25, 0.3) is 5.91 Å². The summed E-state index contributed by atoms with van der Waals surface area (Å²) in [4.78, 5) is 16.8. The molecule has 1 heterocycles. The summed E-state index contributed by atoms with van der Waals surface area (Å²) in [5, 5.41) is 5.18. The monoisotopic (exact) mass is 348 g/mol. The van der Waals surface area contributed by atoms with Crippen molar-refractivity contribution < 1.29 is 9.53 Å². The van der Waals surface area contributed by atoms with Gasteiger partial charge in [0.2, 0.25) is 0 Å². The summed E-state index contributed by atoms with van der Waals surface area (Å²) in [6.45, 7) is 5.25. The molecule has 0 aliphatic heterocycles. The first kappa shape index (κ1) is 18.1. The van der Waals surface area contributed by atoms with Crippen molar-refractivity contribution in [1.29, 1.82) is 0 Å². The van der Waals surface area contributed by atoms with Crippen molar-refractivity contribution in [2.75, 3.05) is 13.2 Å². The number of hydrogen-bond donors (Lipinski definition) is 1. The Bertz CT molecular complexity index is 869. The standard InChI is InChI=1S/C22H24N2O2/c1-3-14-26-16(2)15-24-22(25)19-10-8-18(9-11-19)21-20-7-5-4-6-17(20)12-13-23-21/h4-13,16H,3,14-15H2,1-2H3,(H,24,25)/t16-/m0/s1. The number of benzene rings is 2. The lowest BCUT2D eigenvalue weighted by Gasteiger charge is -2.13. The van der Waals surface area contributed by atoms with Crippen molar-refractivity contribution in [3.8, 4) is 11.3 Å². The van der Waals surface area contributed by atoms with Crippen molar-refractivity contribution >= 4 is 16.7 Å². The molecule has 134 valence electrons. The molecule has 3 aromatic rings. The summed E-state index contributed by atoms with van der Waals surface area (Å²) < 4.78 is 5.57. The zero-order valence-corrected chi connectivity index (χ0v) is 15.2. The second-order valence-corrected chi connectivity index (χ2v) is 6.35. The number of amides is 1. The average molecular weight is 348 g/mol. The average Bonchev–Trinajstić information content (AvgIpc) is 2.70. The molecule has 1 atom stereocenters. The molecule has 2 aromatic carbocycles. The van der Waals surface area contributed by atoms with E-state index in [1.54, 1.807) is 0 Å². The number of aromatic nitrogens is 1. The van der Waals surface area contributed by atoms with E-state index in [1.807, 2.05) is 55.6 Å². The summed E-state index contributed by atoms with van der Waals surface area (Å²) in [6.07, 6.45) is 2.80. The van der Waals surface area contributed by atoms with Crippen LogP contribution in [0.1, 0.15) is 30.6 Å². The summed E-state index contributed by atoms with van der Waals surface area (Å²) in [7, 11) is 0. The van der Waals surface area contributed by atoms with E-state index in [2.05, 4.69) is 29.4 Å². The summed E-state index contributed by atoms with van der Waals surface area (Å²) >= 11 is 0. The van der Waals surface area contributed by atoms with Crippen LogP contribution in [-0.4, -0.2) is 30.1 Å². The van der Waals surface area contributed by atoms with Crippen LogP contribution in [0.25, 0.3) is 22.0 Å². The van der Waals surface area contributed by atoms with Gasteiger partial charge in [0.15, 0.2) is 0 Å². The lowest BCUT2D eigenvalue weighted by atomic mass is 10.0. The Morgan fingerprint density at radius 1 is 1.12 bits per heavy atom. The molecular formula is C22H24N2O2. The van der Waals surface area contributed by atoms with Gasteiger partial charge >= 0.3 is 0 Å². The third-order valence-corrected chi connectivity index (χ3v) is 4.25. The molecule has 1 N–H and O–H groups in total. The van der Waals surface area contributed by atoms with Crippen molar-refractivity contribution in [2.45, 2.75) is 26.4 Å².